The van der Waals surface area contributed by atoms with Crippen molar-refractivity contribution in [2.75, 3.05) is 4.72 Å². The zero-order valence-electron chi connectivity index (χ0n) is 9.84. The highest BCUT2D eigenvalue weighted by molar-refractivity contribution is 7.93. The Kier molecular flexibility index (Phi) is 2.90. The van der Waals surface area contributed by atoms with Crippen molar-refractivity contribution in [3.63, 3.8) is 0 Å². The normalized spacial score (nSPS) is 14.3. The summed E-state index contributed by atoms with van der Waals surface area (Å²) in [6.07, 6.45) is 5.46. The predicted molar refractivity (Wildman–Crippen MR) is 72.0 cm³/mol. The van der Waals surface area contributed by atoms with Gasteiger partial charge in [-0.2, -0.15) is 0 Å². The lowest BCUT2D eigenvalue weighted by Crippen LogP contribution is -2.20. The highest BCUT2D eigenvalue weighted by Crippen LogP contribution is 2.31. The van der Waals surface area contributed by atoms with Crippen molar-refractivity contribution < 1.29 is 8.42 Å². The Morgan fingerprint density at radius 2 is 2.21 bits per heavy atom. The number of aromatic nitrogens is 2. The van der Waals surface area contributed by atoms with Gasteiger partial charge in [0.05, 0.1) is 5.69 Å². The number of pyridine rings is 1. The predicted octanol–water partition coefficient (Wildman–Crippen LogP) is 1.12. The van der Waals surface area contributed by atoms with E-state index in [0.717, 1.165) is 29.8 Å². The van der Waals surface area contributed by atoms with E-state index in [9.17, 15) is 13.2 Å². The number of fused-ring (bicyclic) bond motifs is 1. The van der Waals surface area contributed by atoms with Gasteiger partial charge in [0.25, 0.3) is 10.0 Å². The Morgan fingerprint density at radius 1 is 1.37 bits per heavy atom. The van der Waals surface area contributed by atoms with Gasteiger partial charge in [0.15, 0.2) is 10.0 Å². The summed E-state index contributed by atoms with van der Waals surface area (Å²) in [5.41, 5.74) is 0.417. The molecule has 0 radical (unpaired) electrons. The van der Waals surface area contributed by atoms with Crippen LogP contribution in [0, 0.1) is 0 Å². The fourth-order valence-corrected chi connectivity index (χ4v) is 4.35. The third-order valence-corrected chi connectivity index (χ3v) is 5.46. The molecule has 0 bridgehead atoms. The number of sulfonamides is 1. The van der Waals surface area contributed by atoms with Gasteiger partial charge in [0.2, 0.25) is 5.43 Å². The summed E-state index contributed by atoms with van der Waals surface area (Å²) < 4.78 is 26.5. The summed E-state index contributed by atoms with van der Waals surface area (Å²) in [7, 11) is -3.88. The van der Waals surface area contributed by atoms with E-state index in [1.54, 1.807) is 0 Å². The molecule has 0 aromatic carbocycles. The van der Waals surface area contributed by atoms with Gasteiger partial charge in [-0.3, -0.25) is 9.52 Å². The van der Waals surface area contributed by atoms with E-state index in [2.05, 4.69) is 14.7 Å². The number of rotatable bonds is 3. The van der Waals surface area contributed by atoms with Crippen LogP contribution < -0.4 is 10.2 Å². The smallest absolute Gasteiger partial charge is 0.269 e. The molecule has 0 aliphatic heterocycles. The first-order chi connectivity index (χ1) is 9.06. The third kappa shape index (κ3) is 2.28. The molecule has 8 heteroatoms. The molecule has 2 N–H and O–H groups in total. The van der Waals surface area contributed by atoms with E-state index >= 15 is 0 Å². The van der Waals surface area contributed by atoms with Gasteiger partial charge in [-0.05, 0) is 19.3 Å². The lowest BCUT2D eigenvalue weighted by molar-refractivity contribution is 0.600. The number of nitrogens with zero attached hydrogens (tertiary/aromatic N) is 1. The minimum Gasteiger partial charge on any atom is -0.366 e. The molecule has 0 amide bonds. The Labute approximate surface area is 113 Å². The van der Waals surface area contributed by atoms with Gasteiger partial charge >= 0.3 is 0 Å². The minimum absolute atomic E-state index is 0.301. The van der Waals surface area contributed by atoms with E-state index in [1.165, 1.54) is 29.8 Å². The molecular formula is C11H11N3O3S2. The SMILES string of the molecule is O=c1cc[nH]cc1S(=O)(=O)Nc1nc2c(s1)CCC2. The molecule has 1 aliphatic carbocycles. The number of hydrogen-bond acceptors (Lipinski definition) is 5. The average molecular weight is 297 g/mol. The van der Waals surface area contributed by atoms with Gasteiger partial charge in [0.1, 0.15) is 0 Å². The molecule has 2 heterocycles. The van der Waals surface area contributed by atoms with Crippen molar-refractivity contribution in [3.8, 4) is 0 Å². The summed E-state index contributed by atoms with van der Waals surface area (Å²) in [5.74, 6) is 0. The van der Waals surface area contributed by atoms with Crippen LogP contribution >= 0.6 is 11.3 Å². The largest absolute Gasteiger partial charge is 0.366 e. The topological polar surface area (TPSA) is 91.9 Å². The van der Waals surface area contributed by atoms with Crippen molar-refractivity contribution in [2.45, 2.75) is 24.2 Å². The monoisotopic (exact) mass is 297 g/mol. The van der Waals surface area contributed by atoms with Crippen LogP contribution in [0.1, 0.15) is 17.0 Å². The summed E-state index contributed by atoms with van der Waals surface area (Å²) in [5, 5.41) is 0.327. The van der Waals surface area contributed by atoms with E-state index < -0.39 is 15.5 Å². The summed E-state index contributed by atoms with van der Waals surface area (Å²) in [6, 6.07) is 1.18. The average Bonchev–Trinajstić information content (AvgIpc) is 2.89. The van der Waals surface area contributed by atoms with E-state index in [1.807, 2.05) is 0 Å². The Hall–Kier alpha value is -1.67. The first-order valence-corrected chi connectivity index (χ1v) is 8.05. The molecule has 0 atom stereocenters. The maximum Gasteiger partial charge on any atom is 0.269 e. The van der Waals surface area contributed by atoms with Crippen LogP contribution in [0.25, 0.3) is 0 Å². The molecule has 3 rings (SSSR count). The number of aryl methyl sites for hydroxylation is 2. The molecule has 19 heavy (non-hydrogen) atoms. The fourth-order valence-electron chi connectivity index (χ4n) is 2.01. The second-order valence-electron chi connectivity index (χ2n) is 4.22. The molecule has 0 unspecified atom stereocenters. The molecule has 2 aromatic rings. The van der Waals surface area contributed by atoms with E-state index in [4.69, 9.17) is 0 Å². The van der Waals surface area contributed by atoms with E-state index in [0.29, 0.717) is 5.13 Å². The van der Waals surface area contributed by atoms with Crippen molar-refractivity contribution >= 4 is 26.5 Å². The zero-order chi connectivity index (χ0) is 13.5. The van der Waals surface area contributed by atoms with Crippen molar-refractivity contribution in [1.82, 2.24) is 9.97 Å². The molecule has 1 aliphatic rings. The highest BCUT2D eigenvalue weighted by atomic mass is 32.2. The second kappa shape index (κ2) is 4.46. The quantitative estimate of drug-likeness (QED) is 0.888. The van der Waals surface area contributed by atoms with Gasteiger partial charge < -0.3 is 4.98 Å². The number of aromatic amines is 1. The van der Waals surface area contributed by atoms with Crippen molar-refractivity contribution in [1.29, 1.82) is 0 Å². The first kappa shape index (κ1) is 12.4. The standard InChI is InChI=1S/C11H11N3O3S2/c15-8-4-5-12-6-10(8)19(16,17)14-11-13-7-2-1-3-9(7)18-11/h4-6H,1-3H2,(H,12,15)(H,13,14). The molecule has 0 fully saturated rings. The summed E-state index contributed by atoms with van der Waals surface area (Å²) >= 11 is 1.34. The Balaban J connectivity index is 1.93. The lowest BCUT2D eigenvalue weighted by Gasteiger charge is -2.03. The van der Waals surface area contributed by atoms with Crippen LogP contribution in [-0.4, -0.2) is 18.4 Å². The van der Waals surface area contributed by atoms with E-state index in [-0.39, 0.29) is 4.90 Å². The number of nitrogens with one attached hydrogen (secondary N) is 2. The van der Waals surface area contributed by atoms with Gasteiger partial charge in [-0.1, -0.05) is 0 Å². The first-order valence-electron chi connectivity index (χ1n) is 5.75. The van der Waals surface area contributed by atoms with Crippen molar-refractivity contribution in [3.05, 3.63) is 39.3 Å². The van der Waals surface area contributed by atoms with Crippen LogP contribution in [-0.2, 0) is 22.9 Å². The molecular weight excluding hydrogens is 286 g/mol. The Morgan fingerprint density at radius 3 is 2.95 bits per heavy atom. The molecule has 0 spiro atoms. The highest BCUT2D eigenvalue weighted by Gasteiger charge is 2.22. The summed E-state index contributed by atoms with van der Waals surface area (Å²) in [6.45, 7) is 0. The van der Waals surface area contributed by atoms with Crippen molar-refractivity contribution in [2.24, 2.45) is 0 Å². The van der Waals surface area contributed by atoms with Crippen LogP contribution in [0.4, 0.5) is 5.13 Å². The number of hydrogen-bond donors (Lipinski definition) is 2. The van der Waals surface area contributed by atoms with Crippen LogP contribution in [0.5, 0.6) is 0 Å². The van der Waals surface area contributed by atoms with Crippen LogP contribution in [0.3, 0.4) is 0 Å². The molecule has 0 saturated heterocycles. The molecule has 2 aromatic heterocycles. The minimum atomic E-state index is -3.88. The van der Waals surface area contributed by atoms with Crippen LogP contribution in [0.2, 0.25) is 0 Å². The zero-order valence-corrected chi connectivity index (χ0v) is 11.5. The number of thiazole rings is 1. The summed E-state index contributed by atoms with van der Waals surface area (Å²) in [4.78, 5) is 19.2. The molecule has 100 valence electrons. The van der Waals surface area contributed by atoms with Gasteiger partial charge in [-0.15, -0.1) is 11.3 Å². The Bertz CT molecular complexity index is 755. The second-order valence-corrected chi connectivity index (χ2v) is 6.96. The number of anilines is 1. The van der Waals surface area contributed by atoms with Gasteiger partial charge in [0, 0.05) is 23.3 Å². The molecule has 0 saturated carbocycles. The number of H-pyrrole nitrogens is 1. The maximum absolute atomic E-state index is 12.1. The maximum atomic E-state index is 12.1. The third-order valence-electron chi connectivity index (χ3n) is 2.90. The van der Waals surface area contributed by atoms with Crippen LogP contribution in [0.15, 0.2) is 28.2 Å². The molecule has 6 nitrogen and oxygen atoms in total. The fraction of sp³-hybridized carbons (Fsp3) is 0.273. The lowest BCUT2D eigenvalue weighted by atomic mass is 10.4. The van der Waals surface area contributed by atoms with Gasteiger partial charge in [-0.25, -0.2) is 13.4 Å².